The molecule has 0 radical (unpaired) electrons. The normalized spacial score (nSPS) is 11.7. The zero-order valence-corrected chi connectivity index (χ0v) is 15.7. The number of hydrogen-bond donors (Lipinski definition) is 2. The van der Waals surface area contributed by atoms with Gasteiger partial charge in [-0.15, -0.1) is 11.3 Å². The number of amides is 1. The second kappa shape index (κ2) is 6.45. The minimum absolute atomic E-state index is 0.0123. The van der Waals surface area contributed by atoms with Crippen LogP contribution in [0.4, 0.5) is 24.5 Å². The number of halogens is 4. The number of hydrogen-bond acceptors (Lipinski definition) is 4. The van der Waals surface area contributed by atoms with Crippen LogP contribution >= 0.6 is 33.9 Å². The molecule has 0 saturated carbocycles. The third kappa shape index (κ3) is 3.43. The summed E-state index contributed by atoms with van der Waals surface area (Å²) in [4.78, 5) is 16.7. The van der Waals surface area contributed by atoms with Gasteiger partial charge in [-0.05, 0) is 47.7 Å². The number of carbonyl (C=O) groups excluding carboxylic acids is 1. The van der Waals surface area contributed by atoms with Gasteiger partial charge in [-0.25, -0.2) is 4.98 Å². The number of benzene rings is 1. The number of aryl methyl sites for hydroxylation is 1. The topological polar surface area (TPSA) is 68.0 Å². The van der Waals surface area contributed by atoms with Crippen LogP contribution in [0.25, 0.3) is 10.2 Å². The van der Waals surface area contributed by atoms with Gasteiger partial charge in [0.2, 0.25) is 0 Å². The average Bonchev–Trinajstić information content (AvgIpc) is 2.84. The van der Waals surface area contributed by atoms with E-state index in [2.05, 4.69) is 32.9 Å². The van der Waals surface area contributed by atoms with Crippen LogP contribution in [0.2, 0.25) is 0 Å². The number of rotatable bonds is 2. The fourth-order valence-electron chi connectivity index (χ4n) is 2.38. The van der Waals surface area contributed by atoms with Gasteiger partial charge in [-0.3, -0.25) is 4.79 Å². The van der Waals surface area contributed by atoms with E-state index < -0.39 is 17.6 Å². The molecule has 0 unspecified atom stereocenters. The second-order valence-corrected chi connectivity index (χ2v) is 7.43. The van der Waals surface area contributed by atoms with Crippen molar-refractivity contribution in [3.05, 3.63) is 50.0 Å². The highest BCUT2D eigenvalue weighted by molar-refractivity contribution is 14.1. The van der Waals surface area contributed by atoms with Crippen molar-refractivity contribution in [1.82, 2.24) is 4.98 Å². The number of alkyl halides is 3. The van der Waals surface area contributed by atoms with Gasteiger partial charge in [-0.2, -0.15) is 13.2 Å². The molecule has 3 rings (SSSR count). The fraction of sp³-hybridized carbons (Fsp3) is 0.125. The minimum atomic E-state index is -4.58. The zero-order chi connectivity index (χ0) is 18.4. The number of para-hydroxylation sites is 1. The lowest BCUT2D eigenvalue weighted by Crippen LogP contribution is -2.13. The number of pyridine rings is 1. The van der Waals surface area contributed by atoms with Crippen LogP contribution in [0.3, 0.4) is 0 Å². The Labute approximate surface area is 158 Å². The first kappa shape index (κ1) is 17.9. The van der Waals surface area contributed by atoms with Crippen LogP contribution in [0.1, 0.15) is 20.9 Å². The summed E-state index contributed by atoms with van der Waals surface area (Å²) in [7, 11) is 0. The summed E-state index contributed by atoms with van der Waals surface area (Å²) in [5, 5.41) is 2.45. The van der Waals surface area contributed by atoms with Gasteiger partial charge in [0.15, 0.2) is 0 Å². The monoisotopic (exact) mass is 477 g/mol. The quantitative estimate of drug-likeness (QED) is 0.507. The molecule has 0 aliphatic carbocycles. The summed E-state index contributed by atoms with van der Waals surface area (Å²) in [5.41, 5.74) is 5.58. The molecule has 1 aromatic carbocycles. The van der Waals surface area contributed by atoms with E-state index in [4.69, 9.17) is 5.73 Å². The van der Waals surface area contributed by atoms with Gasteiger partial charge in [0.25, 0.3) is 5.91 Å². The Hall–Kier alpha value is -1.88. The van der Waals surface area contributed by atoms with Gasteiger partial charge in [0.1, 0.15) is 9.71 Å². The number of nitrogen functional groups attached to an aromatic ring is 1. The molecule has 0 atom stereocenters. The lowest BCUT2D eigenvalue weighted by molar-refractivity contribution is -0.136. The Balaban J connectivity index is 2.10. The van der Waals surface area contributed by atoms with Crippen LogP contribution in [0, 0.1) is 10.5 Å². The molecular formula is C16H11F3IN3OS. The van der Waals surface area contributed by atoms with E-state index in [9.17, 15) is 18.0 Å². The Morgan fingerprint density at radius 1 is 1.32 bits per heavy atom. The van der Waals surface area contributed by atoms with E-state index in [1.54, 1.807) is 18.2 Å². The molecule has 2 aromatic heterocycles. The Bertz CT molecular complexity index is 985. The van der Waals surface area contributed by atoms with Crippen LogP contribution in [0.15, 0.2) is 30.3 Å². The Morgan fingerprint density at radius 2 is 2.00 bits per heavy atom. The van der Waals surface area contributed by atoms with Gasteiger partial charge >= 0.3 is 6.18 Å². The summed E-state index contributed by atoms with van der Waals surface area (Å²) in [6.07, 6.45) is -4.58. The molecule has 4 nitrogen and oxygen atoms in total. The molecule has 1 amide bonds. The lowest BCUT2D eigenvalue weighted by atomic mass is 10.1. The number of anilines is 2. The SMILES string of the molecule is Cc1cc(C(F)(F)F)c2c(N)c(C(=O)Nc3ccccc3I)sc2n1. The van der Waals surface area contributed by atoms with E-state index in [-0.39, 0.29) is 26.5 Å². The highest BCUT2D eigenvalue weighted by Crippen LogP contribution is 2.42. The second-order valence-electron chi connectivity index (χ2n) is 5.27. The van der Waals surface area contributed by atoms with Crippen molar-refractivity contribution in [2.75, 3.05) is 11.1 Å². The van der Waals surface area contributed by atoms with Crippen molar-refractivity contribution in [2.45, 2.75) is 13.1 Å². The van der Waals surface area contributed by atoms with Crippen LogP contribution in [-0.4, -0.2) is 10.9 Å². The molecule has 0 aliphatic heterocycles. The molecular weight excluding hydrogens is 466 g/mol. The van der Waals surface area contributed by atoms with Crippen LogP contribution in [-0.2, 0) is 6.18 Å². The number of nitrogens with one attached hydrogen (secondary N) is 1. The number of nitrogens with two attached hydrogens (primary N) is 1. The summed E-state index contributed by atoms with van der Waals surface area (Å²) < 4.78 is 40.7. The molecule has 0 saturated heterocycles. The average molecular weight is 477 g/mol. The standard InChI is InChI=1S/C16H11F3IN3OS/c1-7-6-8(16(17,18)19)11-12(21)13(25-15(11)22-7)14(24)23-10-5-3-2-4-9(10)20/h2-6H,21H2,1H3,(H,23,24). The van der Waals surface area contributed by atoms with Crippen molar-refractivity contribution in [3.8, 4) is 0 Å². The largest absolute Gasteiger partial charge is 0.417 e. The van der Waals surface area contributed by atoms with E-state index >= 15 is 0 Å². The Kier molecular flexibility index (Phi) is 4.62. The lowest BCUT2D eigenvalue weighted by Gasteiger charge is -2.10. The fourth-order valence-corrected chi connectivity index (χ4v) is 3.96. The molecule has 0 fully saturated rings. The Morgan fingerprint density at radius 3 is 2.64 bits per heavy atom. The maximum Gasteiger partial charge on any atom is 0.417 e. The molecule has 0 bridgehead atoms. The molecule has 0 aliphatic rings. The number of aromatic nitrogens is 1. The molecule has 9 heteroatoms. The van der Waals surface area contributed by atoms with Crippen LogP contribution < -0.4 is 11.1 Å². The van der Waals surface area contributed by atoms with Crippen LogP contribution in [0.5, 0.6) is 0 Å². The first-order valence-electron chi connectivity index (χ1n) is 7.01. The van der Waals surface area contributed by atoms with Crippen molar-refractivity contribution in [2.24, 2.45) is 0 Å². The first-order valence-corrected chi connectivity index (χ1v) is 8.90. The van der Waals surface area contributed by atoms with E-state index in [0.29, 0.717) is 5.69 Å². The van der Waals surface area contributed by atoms with Gasteiger partial charge in [0.05, 0.1) is 16.9 Å². The van der Waals surface area contributed by atoms with Crippen molar-refractivity contribution in [3.63, 3.8) is 0 Å². The maximum atomic E-state index is 13.3. The smallest absolute Gasteiger partial charge is 0.397 e. The van der Waals surface area contributed by atoms with E-state index in [0.717, 1.165) is 21.0 Å². The van der Waals surface area contributed by atoms with Crippen molar-refractivity contribution in [1.29, 1.82) is 0 Å². The summed E-state index contributed by atoms with van der Waals surface area (Å²) in [6, 6.07) is 8.00. The third-order valence-electron chi connectivity index (χ3n) is 3.46. The number of thiophene rings is 1. The highest BCUT2D eigenvalue weighted by Gasteiger charge is 2.35. The van der Waals surface area contributed by atoms with E-state index in [1.165, 1.54) is 6.92 Å². The molecule has 3 aromatic rings. The number of carbonyl (C=O) groups is 1. The van der Waals surface area contributed by atoms with Gasteiger partial charge < -0.3 is 11.1 Å². The molecule has 2 heterocycles. The predicted molar refractivity (Wildman–Crippen MR) is 101 cm³/mol. The highest BCUT2D eigenvalue weighted by atomic mass is 127. The molecule has 0 spiro atoms. The van der Waals surface area contributed by atoms with E-state index in [1.807, 2.05) is 6.07 Å². The predicted octanol–water partition coefficient (Wildman–Crippen LogP) is 5.06. The minimum Gasteiger partial charge on any atom is -0.397 e. The summed E-state index contributed by atoms with van der Waals surface area (Å²) in [5.74, 6) is -0.560. The summed E-state index contributed by atoms with van der Waals surface area (Å²) in [6.45, 7) is 1.47. The van der Waals surface area contributed by atoms with Gasteiger partial charge in [-0.1, -0.05) is 12.1 Å². The number of fused-ring (bicyclic) bond motifs is 1. The maximum absolute atomic E-state index is 13.3. The van der Waals surface area contributed by atoms with Crippen molar-refractivity contribution >= 4 is 61.4 Å². The molecule has 130 valence electrons. The molecule has 25 heavy (non-hydrogen) atoms. The number of nitrogens with zero attached hydrogens (tertiary/aromatic N) is 1. The van der Waals surface area contributed by atoms with Gasteiger partial charge in [0, 0.05) is 14.7 Å². The van der Waals surface area contributed by atoms with Crippen molar-refractivity contribution < 1.29 is 18.0 Å². The summed E-state index contributed by atoms with van der Waals surface area (Å²) >= 11 is 2.90. The zero-order valence-electron chi connectivity index (χ0n) is 12.7. The third-order valence-corrected chi connectivity index (χ3v) is 5.50. The first-order chi connectivity index (χ1) is 11.7. The molecule has 3 N–H and O–H groups in total.